The number of thioether (sulfide) groups is 1. The van der Waals surface area contributed by atoms with E-state index in [2.05, 4.69) is 21.9 Å². The molecule has 0 saturated heterocycles. The lowest BCUT2D eigenvalue weighted by atomic mass is 10.1. The first-order valence-electron chi connectivity index (χ1n) is 6.83. The summed E-state index contributed by atoms with van der Waals surface area (Å²) in [6, 6.07) is 6.39. The molecule has 0 spiro atoms. The zero-order valence-electron chi connectivity index (χ0n) is 12.9. The van der Waals surface area contributed by atoms with Crippen molar-refractivity contribution in [3.05, 3.63) is 35.1 Å². The average Bonchev–Trinajstić information content (AvgIpc) is 2.51. The van der Waals surface area contributed by atoms with Gasteiger partial charge in [-0.2, -0.15) is 17.0 Å². The molecule has 122 valence electrons. The molecule has 0 amide bonds. The maximum Gasteiger partial charge on any atom is 0.191 e. The standard InChI is InChI=1S/C15H21FN4S.HI/c1-18-15(19-7-3-4-8-21-2)20-11-13-6-5-12(10-17)9-14(13)16;/h5-6,9H,3-4,7-8,11H2,1-2H3,(H2,18,19,20);1H. The molecule has 0 aliphatic heterocycles. The van der Waals surface area contributed by atoms with Crippen molar-refractivity contribution < 1.29 is 4.39 Å². The van der Waals surface area contributed by atoms with E-state index in [1.807, 2.05) is 17.8 Å². The summed E-state index contributed by atoms with van der Waals surface area (Å²) in [5, 5.41) is 15.0. The van der Waals surface area contributed by atoms with Crippen LogP contribution in [0.25, 0.3) is 0 Å². The first-order valence-corrected chi connectivity index (χ1v) is 8.22. The number of nitriles is 1. The Kier molecular flexibility index (Phi) is 12.0. The largest absolute Gasteiger partial charge is 0.356 e. The van der Waals surface area contributed by atoms with Crippen LogP contribution in [0.3, 0.4) is 0 Å². The average molecular weight is 436 g/mol. The minimum Gasteiger partial charge on any atom is -0.356 e. The Hall–Kier alpha value is -1.01. The maximum atomic E-state index is 13.7. The molecule has 0 fully saturated rings. The summed E-state index contributed by atoms with van der Waals surface area (Å²) in [6.07, 6.45) is 4.34. The minimum atomic E-state index is -0.378. The highest BCUT2D eigenvalue weighted by Gasteiger charge is 2.04. The van der Waals surface area contributed by atoms with Crippen LogP contribution < -0.4 is 10.6 Å². The van der Waals surface area contributed by atoms with Gasteiger partial charge in [0.05, 0.1) is 11.6 Å². The van der Waals surface area contributed by atoms with Gasteiger partial charge in [0.1, 0.15) is 5.82 Å². The van der Waals surface area contributed by atoms with E-state index in [0.717, 1.165) is 25.1 Å². The van der Waals surface area contributed by atoms with E-state index in [1.54, 1.807) is 19.2 Å². The number of rotatable bonds is 7. The SMILES string of the molecule is CN=C(NCCCCSC)NCc1ccc(C#N)cc1F.I. The minimum absolute atomic E-state index is 0. The molecular weight excluding hydrogens is 414 g/mol. The van der Waals surface area contributed by atoms with Gasteiger partial charge in [0.25, 0.3) is 0 Å². The number of aliphatic imine (C=N–C) groups is 1. The number of nitrogens with one attached hydrogen (secondary N) is 2. The second-order valence-corrected chi connectivity index (χ2v) is 5.46. The van der Waals surface area contributed by atoms with Crippen molar-refractivity contribution in [3.63, 3.8) is 0 Å². The van der Waals surface area contributed by atoms with Gasteiger partial charge in [-0.25, -0.2) is 4.39 Å². The molecule has 0 aliphatic carbocycles. The van der Waals surface area contributed by atoms with Crippen molar-refractivity contribution >= 4 is 41.7 Å². The lowest BCUT2D eigenvalue weighted by Crippen LogP contribution is -2.37. The molecule has 0 saturated carbocycles. The third-order valence-electron chi connectivity index (χ3n) is 2.92. The van der Waals surface area contributed by atoms with Crippen molar-refractivity contribution in [3.8, 4) is 6.07 Å². The highest BCUT2D eigenvalue weighted by molar-refractivity contribution is 14.0. The van der Waals surface area contributed by atoms with Gasteiger partial charge in [0, 0.05) is 25.7 Å². The molecule has 0 unspecified atom stereocenters. The molecule has 0 aliphatic rings. The summed E-state index contributed by atoms with van der Waals surface area (Å²) < 4.78 is 13.7. The number of halogens is 2. The molecule has 22 heavy (non-hydrogen) atoms. The second kappa shape index (κ2) is 12.5. The number of hydrogen-bond acceptors (Lipinski definition) is 3. The van der Waals surface area contributed by atoms with Gasteiger partial charge in [-0.1, -0.05) is 6.07 Å². The predicted molar refractivity (Wildman–Crippen MR) is 102 cm³/mol. The van der Waals surface area contributed by atoms with Gasteiger partial charge in [-0.05, 0) is 37.0 Å². The third-order valence-corrected chi connectivity index (χ3v) is 3.62. The van der Waals surface area contributed by atoms with Crippen molar-refractivity contribution in [2.24, 2.45) is 4.99 Å². The highest BCUT2D eigenvalue weighted by Crippen LogP contribution is 2.09. The molecule has 0 aromatic heterocycles. The summed E-state index contributed by atoms with van der Waals surface area (Å²) in [5.41, 5.74) is 0.840. The molecule has 0 radical (unpaired) electrons. The Labute approximate surface area is 153 Å². The van der Waals surface area contributed by atoms with E-state index in [1.165, 1.54) is 6.07 Å². The van der Waals surface area contributed by atoms with Crippen LogP contribution in [-0.2, 0) is 6.54 Å². The summed E-state index contributed by atoms with van der Waals surface area (Å²) in [7, 11) is 1.69. The monoisotopic (exact) mass is 436 g/mol. The highest BCUT2D eigenvalue weighted by atomic mass is 127. The first kappa shape index (κ1) is 21.0. The van der Waals surface area contributed by atoms with Crippen molar-refractivity contribution in [1.82, 2.24) is 10.6 Å². The first-order chi connectivity index (χ1) is 10.2. The van der Waals surface area contributed by atoms with Crippen LogP contribution in [0.15, 0.2) is 23.2 Å². The van der Waals surface area contributed by atoms with E-state index in [9.17, 15) is 4.39 Å². The van der Waals surface area contributed by atoms with Crippen LogP contribution in [0, 0.1) is 17.1 Å². The van der Waals surface area contributed by atoms with Crippen LogP contribution in [0.2, 0.25) is 0 Å². The number of nitrogens with zero attached hydrogens (tertiary/aromatic N) is 2. The van der Waals surface area contributed by atoms with Crippen LogP contribution >= 0.6 is 35.7 Å². The van der Waals surface area contributed by atoms with Gasteiger partial charge in [-0.3, -0.25) is 4.99 Å². The Balaban J connectivity index is 0.00000441. The molecular formula is C15H22FIN4S. The fourth-order valence-electron chi connectivity index (χ4n) is 1.74. The Morgan fingerprint density at radius 3 is 2.73 bits per heavy atom. The molecule has 0 bridgehead atoms. The Bertz CT molecular complexity index is 517. The molecule has 0 heterocycles. The second-order valence-electron chi connectivity index (χ2n) is 4.47. The van der Waals surface area contributed by atoms with E-state index in [-0.39, 0.29) is 29.8 Å². The molecule has 1 aromatic rings. The van der Waals surface area contributed by atoms with Crippen LogP contribution in [0.5, 0.6) is 0 Å². The van der Waals surface area contributed by atoms with Gasteiger partial charge in [0.2, 0.25) is 0 Å². The summed E-state index contributed by atoms with van der Waals surface area (Å²) in [4.78, 5) is 4.10. The number of hydrogen-bond donors (Lipinski definition) is 2. The van der Waals surface area contributed by atoms with Gasteiger partial charge in [-0.15, -0.1) is 24.0 Å². The summed E-state index contributed by atoms with van der Waals surface area (Å²) >= 11 is 1.84. The summed E-state index contributed by atoms with van der Waals surface area (Å²) in [6.45, 7) is 1.18. The fraction of sp³-hybridized carbons (Fsp3) is 0.467. The van der Waals surface area contributed by atoms with Gasteiger partial charge < -0.3 is 10.6 Å². The fourth-order valence-corrected chi connectivity index (χ4v) is 2.23. The number of benzene rings is 1. The van der Waals surface area contributed by atoms with E-state index in [0.29, 0.717) is 23.6 Å². The lowest BCUT2D eigenvalue weighted by molar-refractivity contribution is 0.604. The smallest absolute Gasteiger partial charge is 0.191 e. The quantitative estimate of drug-likeness (QED) is 0.299. The topological polar surface area (TPSA) is 60.2 Å². The molecule has 0 atom stereocenters. The Morgan fingerprint density at radius 2 is 2.14 bits per heavy atom. The normalized spacial score (nSPS) is 10.5. The molecule has 4 nitrogen and oxygen atoms in total. The molecule has 1 aromatic carbocycles. The van der Waals surface area contributed by atoms with E-state index >= 15 is 0 Å². The van der Waals surface area contributed by atoms with Crippen LogP contribution in [0.4, 0.5) is 4.39 Å². The van der Waals surface area contributed by atoms with Gasteiger partial charge in [0.15, 0.2) is 5.96 Å². The summed E-state index contributed by atoms with van der Waals surface area (Å²) in [5.74, 6) is 1.43. The Morgan fingerprint density at radius 1 is 1.36 bits per heavy atom. The van der Waals surface area contributed by atoms with E-state index in [4.69, 9.17) is 5.26 Å². The van der Waals surface area contributed by atoms with Crippen molar-refractivity contribution in [2.75, 3.05) is 25.6 Å². The van der Waals surface area contributed by atoms with E-state index < -0.39 is 0 Å². The van der Waals surface area contributed by atoms with Crippen molar-refractivity contribution in [2.45, 2.75) is 19.4 Å². The number of guanidine groups is 1. The molecule has 2 N–H and O–H groups in total. The zero-order chi connectivity index (χ0) is 15.5. The predicted octanol–water partition coefficient (Wildman–Crippen LogP) is 3.12. The molecule has 7 heteroatoms. The number of unbranched alkanes of at least 4 members (excludes halogenated alkanes) is 1. The third kappa shape index (κ3) is 7.84. The molecule has 1 rings (SSSR count). The zero-order valence-corrected chi connectivity index (χ0v) is 16.0. The van der Waals surface area contributed by atoms with Crippen LogP contribution in [-0.4, -0.2) is 31.6 Å². The van der Waals surface area contributed by atoms with Crippen molar-refractivity contribution in [1.29, 1.82) is 5.26 Å². The maximum absolute atomic E-state index is 13.7. The van der Waals surface area contributed by atoms with Gasteiger partial charge >= 0.3 is 0 Å². The lowest BCUT2D eigenvalue weighted by Gasteiger charge is -2.12. The van der Waals surface area contributed by atoms with Crippen LogP contribution in [0.1, 0.15) is 24.0 Å².